The predicted molar refractivity (Wildman–Crippen MR) is 67.0 cm³/mol. The van der Waals surface area contributed by atoms with Gasteiger partial charge in [0.25, 0.3) is 0 Å². The number of nitrogens with zero attached hydrogens (tertiary/aromatic N) is 1. The first-order valence-electron chi connectivity index (χ1n) is 5.51. The summed E-state index contributed by atoms with van der Waals surface area (Å²) in [5.41, 5.74) is 7.92. The topological polar surface area (TPSA) is 38.5 Å². The standard InChI is InChI=1S/C12H17ClN2O/c1-16-9-5-6-15(8-9)12-4-2-3-11(13)10(12)7-14/h2-4,9H,5-8,14H2,1H3. The molecule has 0 aromatic heterocycles. The highest BCUT2D eigenvalue weighted by molar-refractivity contribution is 6.31. The van der Waals surface area contributed by atoms with E-state index < -0.39 is 0 Å². The summed E-state index contributed by atoms with van der Waals surface area (Å²) in [5.74, 6) is 0. The molecule has 2 N–H and O–H groups in total. The Hall–Kier alpha value is -0.770. The minimum Gasteiger partial charge on any atom is -0.380 e. The molecular formula is C12H17ClN2O. The first kappa shape index (κ1) is 11.7. The minimum atomic E-state index is 0.324. The van der Waals surface area contributed by atoms with Crippen molar-refractivity contribution in [3.63, 3.8) is 0 Å². The van der Waals surface area contributed by atoms with Crippen molar-refractivity contribution in [3.8, 4) is 0 Å². The molecule has 1 heterocycles. The molecule has 1 unspecified atom stereocenters. The third-order valence-electron chi connectivity index (χ3n) is 3.12. The van der Waals surface area contributed by atoms with Gasteiger partial charge in [-0.3, -0.25) is 0 Å². The number of ether oxygens (including phenoxy) is 1. The van der Waals surface area contributed by atoms with Crippen molar-refractivity contribution >= 4 is 17.3 Å². The fourth-order valence-electron chi connectivity index (χ4n) is 2.19. The highest BCUT2D eigenvalue weighted by atomic mass is 35.5. The number of nitrogens with two attached hydrogens (primary N) is 1. The second kappa shape index (κ2) is 5.04. The predicted octanol–water partition coefficient (Wildman–Crippen LogP) is 2.02. The molecule has 4 heteroatoms. The van der Waals surface area contributed by atoms with Crippen LogP contribution in [-0.2, 0) is 11.3 Å². The Morgan fingerprint density at radius 1 is 1.56 bits per heavy atom. The van der Waals surface area contributed by atoms with Crippen molar-refractivity contribution in [2.45, 2.75) is 19.1 Å². The lowest BCUT2D eigenvalue weighted by Gasteiger charge is -2.22. The van der Waals surface area contributed by atoms with Crippen LogP contribution in [0.15, 0.2) is 18.2 Å². The van der Waals surface area contributed by atoms with Crippen LogP contribution in [0.2, 0.25) is 5.02 Å². The van der Waals surface area contributed by atoms with Gasteiger partial charge in [-0.25, -0.2) is 0 Å². The molecule has 0 bridgehead atoms. The summed E-state index contributed by atoms with van der Waals surface area (Å²) < 4.78 is 5.36. The highest BCUT2D eigenvalue weighted by Gasteiger charge is 2.24. The lowest BCUT2D eigenvalue weighted by atomic mass is 10.1. The Bertz CT molecular complexity index is 370. The molecular weight excluding hydrogens is 224 g/mol. The summed E-state index contributed by atoms with van der Waals surface area (Å²) >= 11 is 6.14. The fraction of sp³-hybridized carbons (Fsp3) is 0.500. The second-order valence-electron chi connectivity index (χ2n) is 4.03. The number of hydrogen-bond acceptors (Lipinski definition) is 3. The first-order valence-corrected chi connectivity index (χ1v) is 5.89. The van der Waals surface area contributed by atoms with Gasteiger partial charge in [0.15, 0.2) is 0 Å². The van der Waals surface area contributed by atoms with E-state index in [1.807, 2.05) is 12.1 Å². The van der Waals surface area contributed by atoms with Crippen molar-refractivity contribution in [1.29, 1.82) is 0 Å². The Morgan fingerprint density at radius 3 is 3.00 bits per heavy atom. The zero-order valence-electron chi connectivity index (χ0n) is 9.45. The Kier molecular flexibility index (Phi) is 3.69. The molecule has 0 aliphatic carbocycles. The summed E-state index contributed by atoms with van der Waals surface area (Å²) in [6.45, 7) is 2.40. The smallest absolute Gasteiger partial charge is 0.0762 e. The molecule has 1 fully saturated rings. The maximum atomic E-state index is 6.14. The number of benzene rings is 1. The van der Waals surface area contributed by atoms with Gasteiger partial charge in [-0.1, -0.05) is 17.7 Å². The molecule has 0 amide bonds. The van der Waals surface area contributed by atoms with Crippen molar-refractivity contribution in [1.82, 2.24) is 0 Å². The highest BCUT2D eigenvalue weighted by Crippen LogP contribution is 2.29. The average Bonchev–Trinajstić information content (AvgIpc) is 2.77. The summed E-state index contributed by atoms with van der Waals surface area (Å²) in [6, 6.07) is 5.93. The molecule has 2 rings (SSSR count). The summed E-state index contributed by atoms with van der Waals surface area (Å²) in [7, 11) is 1.76. The number of anilines is 1. The number of halogens is 1. The van der Waals surface area contributed by atoms with Gasteiger partial charge in [-0.05, 0) is 18.6 Å². The molecule has 0 spiro atoms. The van der Waals surface area contributed by atoms with E-state index in [1.165, 1.54) is 0 Å². The van der Waals surface area contributed by atoms with E-state index in [2.05, 4.69) is 11.0 Å². The Labute approximate surface area is 101 Å². The van der Waals surface area contributed by atoms with Gasteiger partial charge in [-0.2, -0.15) is 0 Å². The van der Waals surface area contributed by atoms with E-state index in [9.17, 15) is 0 Å². The van der Waals surface area contributed by atoms with Crippen LogP contribution >= 0.6 is 11.6 Å². The van der Waals surface area contributed by atoms with E-state index >= 15 is 0 Å². The molecule has 1 aromatic carbocycles. The fourth-order valence-corrected chi connectivity index (χ4v) is 2.43. The first-order chi connectivity index (χ1) is 7.76. The van der Waals surface area contributed by atoms with E-state index in [1.54, 1.807) is 7.11 Å². The SMILES string of the molecule is COC1CCN(c2cccc(Cl)c2CN)C1. The van der Waals surface area contributed by atoms with Gasteiger partial charge in [0.1, 0.15) is 0 Å². The molecule has 0 radical (unpaired) electrons. The van der Waals surface area contributed by atoms with Crippen LogP contribution in [-0.4, -0.2) is 26.3 Å². The lowest BCUT2D eigenvalue weighted by molar-refractivity contribution is 0.121. The van der Waals surface area contributed by atoms with Gasteiger partial charge in [-0.15, -0.1) is 0 Å². The normalized spacial score (nSPS) is 20.4. The largest absolute Gasteiger partial charge is 0.380 e. The summed E-state index contributed by atoms with van der Waals surface area (Å²) in [4.78, 5) is 2.29. The minimum absolute atomic E-state index is 0.324. The van der Waals surface area contributed by atoms with E-state index in [-0.39, 0.29) is 0 Å². The van der Waals surface area contributed by atoms with Gasteiger partial charge in [0.2, 0.25) is 0 Å². The van der Waals surface area contributed by atoms with Gasteiger partial charge in [0.05, 0.1) is 6.10 Å². The van der Waals surface area contributed by atoms with Crippen LogP contribution in [0.4, 0.5) is 5.69 Å². The maximum Gasteiger partial charge on any atom is 0.0762 e. The molecule has 1 aromatic rings. The molecule has 0 saturated carbocycles. The van der Waals surface area contributed by atoms with Crippen molar-refractivity contribution in [2.75, 3.05) is 25.1 Å². The quantitative estimate of drug-likeness (QED) is 0.879. The summed E-state index contributed by atoms with van der Waals surface area (Å²) in [5, 5.41) is 0.751. The van der Waals surface area contributed by atoms with Crippen molar-refractivity contribution < 1.29 is 4.74 Å². The van der Waals surface area contributed by atoms with Crippen LogP contribution in [0, 0.1) is 0 Å². The van der Waals surface area contributed by atoms with Gasteiger partial charge >= 0.3 is 0 Å². The van der Waals surface area contributed by atoms with Crippen LogP contribution in [0.25, 0.3) is 0 Å². The van der Waals surface area contributed by atoms with Crippen molar-refractivity contribution in [2.24, 2.45) is 5.73 Å². The molecule has 16 heavy (non-hydrogen) atoms. The van der Waals surface area contributed by atoms with Gasteiger partial charge in [0, 0.05) is 43.0 Å². The maximum absolute atomic E-state index is 6.14. The van der Waals surface area contributed by atoms with E-state index in [0.717, 1.165) is 35.8 Å². The van der Waals surface area contributed by atoms with Crippen LogP contribution in [0.3, 0.4) is 0 Å². The molecule has 1 atom stereocenters. The zero-order chi connectivity index (χ0) is 11.5. The molecule has 88 valence electrons. The monoisotopic (exact) mass is 240 g/mol. The van der Waals surface area contributed by atoms with E-state index in [4.69, 9.17) is 22.1 Å². The lowest BCUT2D eigenvalue weighted by Crippen LogP contribution is -2.23. The molecule has 1 saturated heterocycles. The van der Waals surface area contributed by atoms with Crippen LogP contribution in [0.5, 0.6) is 0 Å². The van der Waals surface area contributed by atoms with Gasteiger partial charge < -0.3 is 15.4 Å². The Morgan fingerprint density at radius 2 is 2.38 bits per heavy atom. The second-order valence-corrected chi connectivity index (χ2v) is 4.44. The third kappa shape index (κ3) is 2.17. The summed E-state index contributed by atoms with van der Waals surface area (Å²) in [6.07, 6.45) is 1.39. The number of rotatable bonds is 3. The van der Waals surface area contributed by atoms with Crippen LogP contribution in [0.1, 0.15) is 12.0 Å². The number of hydrogen-bond donors (Lipinski definition) is 1. The third-order valence-corrected chi connectivity index (χ3v) is 3.47. The Balaban J connectivity index is 2.24. The van der Waals surface area contributed by atoms with Crippen molar-refractivity contribution in [3.05, 3.63) is 28.8 Å². The van der Waals surface area contributed by atoms with E-state index in [0.29, 0.717) is 12.6 Å². The van der Waals surface area contributed by atoms with Crippen LogP contribution < -0.4 is 10.6 Å². The molecule has 3 nitrogen and oxygen atoms in total. The average molecular weight is 241 g/mol. The zero-order valence-corrected chi connectivity index (χ0v) is 10.2. The number of methoxy groups -OCH3 is 1. The molecule has 1 aliphatic rings. The molecule has 1 aliphatic heterocycles.